The van der Waals surface area contributed by atoms with Crippen molar-refractivity contribution in [2.75, 3.05) is 14.1 Å². The van der Waals surface area contributed by atoms with Crippen molar-refractivity contribution in [1.29, 1.82) is 0 Å². The van der Waals surface area contributed by atoms with Crippen LogP contribution in [0.25, 0.3) is 11.0 Å². The Labute approximate surface area is 129 Å². The Morgan fingerprint density at radius 1 is 1.43 bits per heavy atom. The van der Waals surface area contributed by atoms with Crippen LogP contribution in [0.3, 0.4) is 0 Å². The maximum absolute atomic E-state index is 13.6. The standard InChI is InChI=1S/C16H21ClFN3/c1-11(17)15-19-13-6-5-12(18)9-14(13)21(15)10-16(20(2)3)7-4-8-16/h5-6,9,11H,4,7-8,10H2,1-3H3. The van der Waals surface area contributed by atoms with Crippen molar-refractivity contribution in [3.05, 3.63) is 29.8 Å². The quantitative estimate of drug-likeness (QED) is 0.797. The van der Waals surface area contributed by atoms with Gasteiger partial charge >= 0.3 is 0 Å². The molecule has 0 spiro atoms. The molecule has 1 aliphatic rings. The maximum atomic E-state index is 13.6. The van der Waals surface area contributed by atoms with E-state index in [2.05, 4.69) is 28.5 Å². The number of nitrogens with zero attached hydrogens (tertiary/aromatic N) is 3. The van der Waals surface area contributed by atoms with E-state index in [9.17, 15) is 4.39 Å². The Morgan fingerprint density at radius 3 is 2.67 bits per heavy atom. The second-order valence-corrected chi connectivity index (χ2v) is 6.93. The third-order valence-electron chi connectivity index (χ3n) is 4.78. The van der Waals surface area contributed by atoms with Gasteiger partial charge in [0, 0.05) is 12.1 Å². The SMILES string of the molecule is CC(Cl)c1nc2ccc(F)cc2n1CC1(N(C)C)CCC1. The van der Waals surface area contributed by atoms with Crippen molar-refractivity contribution in [1.82, 2.24) is 14.5 Å². The minimum atomic E-state index is -0.232. The molecule has 0 radical (unpaired) electrons. The summed E-state index contributed by atoms with van der Waals surface area (Å²) in [7, 11) is 4.23. The number of alkyl halides is 1. The van der Waals surface area contributed by atoms with Crippen LogP contribution in [0.2, 0.25) is 0 Å². The Morgan fingerprint density at radius 2 is 2.14 bits per heavy atom. The van der Waals surface area contributed by atoms with Crippen molar-refractivity contribution in [2.24, 2.45) is 0 Å². The molecule has 0 saturated heterocycles. The van der Waals surface area contributed by atoms with E-state index in [0.29, 0.717) is 0 Å². The van der Waals surface area contributed by atoms with Crippen LogP contribution >= 0.6 is 11.6 Å². The van der Waals surface area contributed by atoms with E-state index in [1.165, 1.54) is 12.5 Å². The molecule has 0 bridgehead atoms. The highest BCUT2D eigenvalue weighted by atomic mass is 35.5. The highest BCUT2D eigenvalue weighted by Gasteiger charge is 2.40. The predicted octanol–water partition coefficient (Wildman–Crippen LogP) is 3.96. The van der Waals surface area contributed by atoms with Crippen molar-refractivity contribution in [3.63, 3.8) is 0 Å². The molecule has 0 amide bonds. The summed E-state index contributed by atoms with van der Waals surface area (Å²) in [6.45, 7) is 2.73. The number of likely N-dealkylation sites (N-methyl/N-ethyl adjacent to an activating group) is 1. The van der Waals surface area contributed by atoms with Gasteiger partial charge in [-0.05, 0) is 58.5 Å². The van der Waals surface area contributed by atoms with Crippen molar-refractivity contribution < 1.29 is 4.39 Å². The fourth-order valence-corrected chi connectivity index (χ4v) is 3.38. The zero-order valence-corrected chi connectivity index (χ0v) is 13.5. The smallest absolute Gasteiger partial charge is 0.127 e. The topological polar surface area (TPSA) is 21.1 Å². The highest BCUT2D eigenvalue weighted by molar-refractivity contribution is 6.20. The van der Waals surface area contributed by atoms with Gasteiger partial charge in [-0.2, -0.15) is 0 Å². The zero-order chi connectivity index (χ0) is 15.2. The second-order valence-electron chi connectivity index (χ2n) is 6.28. The molecule has 1 aromatic heterocycles. The van der Waals surface area contributed by atoms with Gasteiger partial charge in [-0.15, -0.1) is 11.6 Å². The molecule has 5 heteroatoms. The molecule has 0 N–H and O–H groups in total. The molecule has 0 aliphatic heterocycles. The third-order valence-corrected chi connectivity index (χ3v) is 4.98. The van der Waals surface area contributed by atoms with E-state index in [1.54, 1.807) is 12.1 Å². The molecule has 3 rings (SSSR count). The minimum absolute atomic E-state index is 0.139. The number of halogens is 2. The summed E-state index contributed by atoms with van der Waals surface area (Å²) in [5.41, 5.74) is 1.79. The summed E-state index contributed by atoms with van der Waals surface area (Å²) in [6, 6.07) is 4.74. The number of benzene rings is 1. The van der Waals surface area contributed by atoms with Gasteiger partial charge < -0.3 is 9.47 Å². The number of rotatable bonds is 4. The van der Waals surface area contributed by atoms with Crippen LogP contribution in [0.1, 0.15) is 37.4 Å². The average molecular weight is 310 g/mol. The third kappa shape index (κ3) is 2.44. The summed E-state index contributed by atoms with van der Waals surface area (Å²) >= 11 is 6.30. The monoisotopic (exact) mass is 309 g/mol. The van der Waals surface area contributed by atoms with Gasteiger partial charge in [-0.25, -0.2) is 9.37 Å². The van der Waals surface area contributed by atoms with E-state index >= 15 is 0 Å². The molecule has 1 fully saturated rings. The lowest BCUT2D eigenvalue weighted by atomic mass is 9.75. The molecule has 21 heavy (non-hydrogen) atoms. The predicted molar refractivity (Wildman–Crippen MR) is 84.2 cm³/mol. The number of imidazole rings is 1. The van der Waals surface area contributed by atoms with Gasteiger partial charge in [0.1, 0.15) is 11.6 Å². The lowest BCUT2D eigenvalue weighted by Gasteiger charge is -2.48. The molecular formula is C16H21ClFN3. The molecule has 2 aromatic rings. The van der Waals surface area contributed by atoms with Crippen LogP contribution in [0.5, 0.6) is 0 Å². The summed E-state index contributed by atoms with van der Waals surface area (Å²) in [6.07, 6.45) is 3.56. The van der Waals surface area contributed by atoms with E-state index in [0.717, 1.165) is 36.2 Å². The molecule has 1 aromatic carbocycles. The Kier molecular flexibility index (Phi) is 3.70. The number of hydrogen-bond acceptors (Lipinski definition) is 2. The molecule has 3 nitrogen and oxygen atoms in total. The van der Waals surface area contributed by atoms with Gasteiger partial charge in [0.2, 0.25) is 0 Å². The van der Waals surface area contributed by atoms with E-state index in [-0.39, 0.29) is 16.7 Å². The molecule has 114 valence electrons. The van der Waals surface area contributed by atoms with Crippen LogP contribution in [0, 0.1) is 5.82 Å². The molecule has 1 saturated carbocycles. The largest absolute Gasteiger partial charge is 0.325 e. The number of aromatic nitrogens is 2. The zero-order valence-electron chi connectivity index (χ0n) is 12.7. The fourth-order valence-electron chi connectivity index (χ4n) is 3.21. The van der Waals surface area contributed by atoms with Crippen LogP contribution < -0.4 is 0 Å². The van der Waals surface area contributed by atoms with Crippen LogP contribution in [0.4, 0.5) is 4.39 Å². The van der Waals surface area contributed by atoms with E-state index in [4.69, 9.17) is 11.6 Å². The first-order chi connectivity index (χ1) is 9.93. The van der Waals surface area contributed by atoms with Gasteiger partial charge in [0.05, 0.1) is 16.4 Å². The number of hydrogen-bond donors (Lipinski definition) is 0. The van der Waals surface area contributed by atoms with E-state index < -0.39 is 0 Å². The van der Waals surface area contributed by atoms with Crippen LogP contribution in [-0.2, 0) is 6.54 Å². The molecule has 1 atom stereocenters. The maximum Gasteiger partial charge on any atom is 0.127 e. The first-order valence-electron chi connectivity index (χ1n) is 7.40. The lowest BCUT2D eigenvalue weighted by Crippen LogP contribution is -2.53. The molecular weight excluding hydrogens is 289 g/mol. The minimum Gasteiger partial charge on any atom is -0.325 e. The molecule has 1 unspecified atom stereocenters. The Balaban J connectivity index is 2.11. The molecule has 1 heterocycles. The van der Waals surface area contributed by atoms with Gasteiger partial charge in [-0.1, -0.05) is 0 Å². The van der Waals surface area contributed by atoms with Crippen molar-refractivity contribution in [3.8, 4) is 0 Å². The summed E-state index contributed by atoms with van der Waals surface area (Å²) in [4.78, 5) is 6.88. The fraction of sp³-hybridized carbons (Fsp3) is 0.562. The van der Waals surface area contributed by atoms with Crippen LogP contribution in [0.15, 0.2) is 18.2 Å². The summed E-state index contributed by atoms with van der Waals surface area (Å²) in [5.74, 6) is 0.593. The average Bonchev–Trinajstić information content (AvgIpc) is 2.71. The summed E-state index contributed by atoms with van der Waals surface area (Å²) < 4.78 is 15.7. The van der Waals surface area contributed by atoms with Crippen molar-refractivity contribution in [2.45, 2.75) is 43.6 Å². The van der Waals surface area contributed by atoms with Gasteiger partial charge in [-0.3, -0.25) is 0 Å². The van der Waals surface area contributed by atoms with Gasteiger partial charge in [0.25, 0.3) is 0 Å². The Hall–Kier alpha value is -1.13. The number of fused-ring (bicyclic) bond motifs is 1. The Bertz CT molecular complexity index is 659. The van der Waals surface area contributed by atoms with E-state index in [1.807, 2.05) is 6.92 Å². The second kappa shape index (κ2) is 5.25. The first-order valence-corrected chi connectivity index (χ1v) is 7.84. The summed E-state index contributed by atoms with van der Waals surface area (Å²) in [5, 5.41) is -0.195. The highest BCUT2D eigenvalue weighted by Crippen LogP contribution is 2.39. The molecule has 1 aliphatic carbocycles. The first kappa shape index (κ1) is 14.8. The van der Waals surface area contributed by atoms with Crippen molar-refractivity contribution >= 4 is 22.6 Å². The van der Waals surface area contributed by atoms with Crippen LogP contribution in [-0.4, -0.2) is 34.1 Å². The lowest BCUT2D eigenvalue weighted by molar-refractivity contribution is 0.0427. The normalized spacial score (nSPS) is 19.0. The van der Waals surface area contributed by atoms with Gasteiger partial charge in [0.15, 0.2) is 0 Å².